The second kappa shape index (κ2) is 4.02. The fourth-order valence-electron chi connectivity index (χ4n) is 1.65. The summed E-state index contributed by atoms with van der Waals surface area (Å²) in [4.78, 5) is 23.9. The smallest absolute Gasteiger partial charge is 0.339 e. The lowest BCUT2D eigenvalue weighted by molar-refractivity contribution is 0.0698. The lowest BCUT2D eigenvalue weighted by Gasteiger charge is -2.17. The summed E-state index contributed by atoms with van der Waals surface area (Å²) >= 11 is 5.81. The molecule has 1 fully saturated rings. The number of carboxylic acid groups (broad SMARTS) is 1. The Labute approximate surface area is 96.6 Å². The van der Waals surface area contributed by atoms with Crippen LogP contribution in [-0.2, 0) is 0 Å². The maximum Gasteiger partial charge on any atom is 0.339 e. The summed E-state index contributed by atoms with van der Waals surface area (Å²) in [6.45, 7) is 0.948. The maximum atomic E-state index is 11.4. The van der Waals surface area contributed by atoms with Gasteiger partial charge in [0.1, 0.15) is 5.56 Å². The normalized spacial score (nSPS) is 15.1. The van der Waals surface area contributed by atoms with E-state index in [1.54, 1.807) is 12.1 Å². The number of aromatic carboxylic acids is 1. The van der Waals surface area contributed by atoms with Crippen LogP contribution in [0.2, 0.25) is 5.02 Å². The average molecular weight is 241 g/mol. The standard InChI is InChI=1S/C10H9ClN2O3/c11-6-2-1-3-7(8(6)9(14)15)13-5-4-12-10(13)16/h1-3H,4-5H2,(H,12,16)(H,14,15). The number of nitrogens with one attached hydrogen (secondary N) is 1. The molecule has 0 aromatic heterocycles. The number of carbonyl (C=O) groups is 2. The van der Waals surface area contributed by atoms with E-state index < -0.39 is 5.97 Å². The zero-order valence-electron chi connectivity index (χ0n) is 8.24. The highest BCUT2D eigenvalue weighted by molar-refractivity contribution is 6.34. The Kier molecular flexibility index (Phi) is 2.70. The molecule has 16 heavy (non-hydrogen) atoms. The van der Waals surface area contributed by atoms with Crippen molar-refractivity contribution in [2.75, 3.05) is 18.0 Å². The molecule has 1 aliphatic heterocycles. The van der Waals surface area contributed by atoms with Gasteiger partial charge < -0.3 is 10.4 Å². The number of rotatable bonds is 2. The third-order valence-corrected chi connectivity index (χ3v) is 2.67. The van der Waals surface area contributed by atoms with E-state index in [0.29, 0.717) is 18.8 Å². The molecule has 1 saturated heterocycles. The van der Waals surface area contributed by atoms with Crippen LogP contribution in [0.3, 0.4) is 0 Å². The van der Waals surface area contributed by atoms with Gasteiger partial charge in [-0.15, -0.1) is 0 Å². The monoisotopic (exact) mass is 240 g/mol. The second-order valence-electron chi connectivity index (χ2n) is 3.32. The second-order valence-corrected chi connectivity index (χ2v) is 3.73. The van der Waals surface area contributed by atoms with Crippen molar-refractivity contribution in [2.24, 2.45) is 0 Å². The van der Waals surface area contributed by atoms with E-state index in [0.717, 1.165) is 0 Å². The van der Waals surface area contributed by atoms with Gasteiger partial charge >= 0.3 is 12.0 Å². The summed E-state index contributed by atoms with van der Waals surface area (Å²) in [6, 6.07) is 4.38. The minimum atomic E-state index is -1.14. The van der Waals surface area contributed by atoms with Gasteiger partial charge in [0.25, 0.3) is 0 Å². The van der Waals surface area contributed by atoms with Crippen molar-refractivity contribution < 1.29 is 14.7 Å². The summed E-state index contributed by atoms with van der Waals surface area (Å²) in [5, 5.41) is 11.8. The molecule has 1 aliphatic rings. The summed E-state index contributed by atoms with van der Waals surface area (Å²) in [6.07, 6.45) is 0. The molecular formula is C10H9ClN2O3. The molecule has 2 rings (SSSR count). The van der Waals surface area contributed by atoms with Crippen molar-refractivity contribution in [1.82, 2.24) is 5.32 Å². The van der Waals surface area contributed by atoms with Gasteiger partial charge in [-0.2, -0.15) is 0 Å². The number of halogens is 1. The zero-order chi connectivity index (χ0) is 11.7. The van der Waals surface area contributed by atoms with E-state index in [-0.39, 0.29) is 16.6 Å². The first kappa shape index (κ1) is 10.8. The number of amides is 2. The third-order valence-electron chi connectivity index (χ3n) is 2.35. The molecule has 0 unspecified atom stereocenters. The SMILES string of the molecule is O=C(O)c1c(Cl)cccc1N1CCNC1=O. The van der Waals surface area contributed by atoms with Gasteiger partial charge in [-0.3, -0.25) is 4.90 Å². The summed E-state index contributed by atoms with van der Waals surface area (Å²) in [5.74, 6) is -1.14. The first-order chi connectivity index (χ1) is 7.61. The van der Waals surface area contributed by atoms with E-state index in [1.807, 2.05) is 0 Å². The van der Waals surface area contributed by atoms with Crippen molar-refractivity contribution >= 4 is 29.3 Å². The topological polar surface area (TPSA) is 69.6 Å². The van der Waals surface area contributed by atoms with E-state index in [2.05, 4.69) is 5.32 Å². The van der Waals surface area contributed by atoms with E-state index in [4.69, 9.17) is 16.7 Å². The number of benzene rings is 1. The molecule has 1 aromatic carbocycles. The molecule has 2 amide bonds. The largest absolute Gasteiger partial charge is 0.478 e. The molecule has 6 heteroatoms. The van der Waals surface area contributed by atoms with E-state index in [9.17, 15) is 9.59 Å². The van der Waals surface area contributed by atoms with Gasteiger partial charge in [-0.05, 0) is 12.1 Å². The predicted octanol–water partition coefficient (Wildman–Crippen LogP) is 1.57. The molecule has 0 radical (unpaired) electrons. The van der Waals surface area contributed by atoms with Crippen molar-refractivity contribution in [1.29, 1.82) is 0 Å². The minimum Gasteiger partial charge on any atom is -0.478 e. The predicted molar refractivity (Wildman–Crippen MR) is 59.2 cm³/mol. The molecule has 5 nitrogen and oxygen atoms in total. The number of urea groups is 1. The van der Waals surface area contributed by atoms with Gasteiger partial charge in [0.05, 0.1) is 10.7 Å². The fourth-order valence-corrected chi connectivity index (χ4v) is 1.90. The lowest BCUT2D eigenvalue weighted by Crippen LogP contribution is -2.29. The quantitative estimate of drug-likeness (QED) is 0.824. The van der Waals surface area contributed by atoms with Gasteiger partial charge in [-0.1, -0.05) is 17.7 Å². The Hall–Kier alpha value is -1.75. The molecular weight excluding hydrogens is 232 g/mol. The molecule has 84 valence electrons. The van der Waals surface area contributed by atoms with Crippen molar-refractivity contribution in [3.05, 3.63) is 28.8 Å². The molecule has 2 N–H and O–H groups in total. The number of anilines is 1. The average Bonchev–Trinajstić information content (AvgIpc) is 2.63. The number of carboxylic acids is 1. The number of nitrogens with zero attached hydrogens (tertiary/aromatic N) is 1. The highest BCUT2D eigenvalue weighted by atomic mass is 35.5. The van der Waals surface area contributed by atoms with Gasteiger partial charge in [0.15, 0.2) is 0 Å². The molecule has 1 aromatic rings. The van der Waals surface area contributed by atoms with Gasteiger partial charge in [-0.25, -0.2) is 9.59 Å². The first-order valence-corrected chi connectivity index (χ1v) is 5.06. The van der Waals surface area contributed by atoms with Crippen LogP contribution in [0.1, 0.15) is 10.4 Å². The molecule has 0 bridgehead atoms. The summed E-state index contributed by atoms with van der Waals surface area (Å²) in [7, 11) is 0. The highest BCUT2D eigenvalue weighted by Crippen LogP contribution is 2.28. The van der Waals surface area contributed by atoms with Crippen LogP contribution in [0, 0.1) is 0 Å². The fraction of sp³-hybridized carbons (Fsp3) is 0.200. The Morgan fingerprint density at radius 1 is 1.50 bits per heavy atom. The lowest BCUT2D eigenvalue weighted by atomic mass is 10.1. The minimum absolute atomic E-state index is 0.0405. The maximum absolute atomic E-state index is 11.4. The highest BCUT2D eigenvalue weighted by Gasteiger charge is 2.26. The number of hydrogen-bond acceptors (Lipinski definition) is 2. The van der Waals surface area contributed by atoms with Gasteiger partial charge in [0.2, 0.25) is 0 Å². The Balaban J connectivity index is 2.51. The van der Waals surface area contributed by atoms with Crippen LogP contribution in [0.4, 0.5) is 10.5 Å². The Morgan fingerprint density at radius 2 is 2.25 bits per heavy atom. The van der Waals surface area contributed by atoms with Crippen LogP contribution >= 0.6 is 11.6 Å². The van der Waals surface area contributed by atoms with E-state index >= 15 is 0 Å². The van der Waals surface area contributed by atoms with Crippen LogP contribution in [0.15, 0.2) is 18.2 Å². The van der Waals surface area contributed by atoms with Crippen LogP contribution < -0.4 is 10.2 Å². The van der Waals surface area contributed by atoms with Crippen molar-refractivity contribution in [2.45, 2.75) is 0 Å². The van der Waals surface area contributed by atoms with Crippen molar-refractivity contribution in [3.63, 3.8) is 0 Å². The summed E-state index contributed by atoms with van der Waals surface area (Å²) < 4.78 is 0. The van der Waals surface area contributed by atoms with E-state index in [1.165, 1.54) is 11.0 Å². The van der Waals surface area contributed by atoms with Gasteiger partial charge in [0, 0.05) is 13.1 Å². The number of carbonyl (C=O) groups excluding carboxylic acids is 1. The summed E-state index contributed by atoms with van der Waals surface area (Å²) in [5.41, 5.74) is 0.288. The molecule has 0 atom stereocenters. The zero-order valence-corrected chi connectivity index (χ0v) is 8.99. The van der Waals surface area contributed by atoms with Crippen LogP contribution in [0.5, 0.6) is 0 Å². The first-order valence-electron chi connectivity index (χ1n) is 4.68. The van der Waals surface area contributed by atoms with Crippen LogP contribution in [0.25, 0.3) is 0 Å². The molecule has 0 saturated carbocycles. The number of hydrogen-bond donors (Lipinski definition) is 2. The van der Waals surface area contributed by atoms with Crippen LogP contribution in [-0.4, -0.2) is 30.2 Å². The third kappa shape index (κ3) is 1.69. The van der Waals surface area contributed by atoms with Crippen molar-refractivity contribution in [3.8, 4) is 0 Å². The molecule has 0 spiro atoms. The molecule has 0 aliphatic carbocycles. The Bertz CT molecular complexity index is 461. The Morgan fingerprint density at radius 3 is 2.81 bits per heavy atom. The molecule has 1 heterocycles.